The number of hydrogen-bond donors (Lipinski definition) is 0. The molecular formula is C21H20F3N3O3. The summed E-state index contributed by atoms with van der Waals surface area (Å²) in [5.74, 6) is -0.356. The van der Waals surface area contributed by atoms with Crippen LogP contribution < -0.4 is 4.90 Å². The highest BCUT2D eigenvalue weighted by Gasteiger charge is 2.45. The van der Waals surface area contributed by atoms with Gasteiger partial charge in [0.15, 0.2) is 5.60 Å². The molecule has 0 aliphatic carbocycles. The molecule has 2 aliphatic heterocycles. The van der Waals surface area contributed by atoms with Crippen molar-refractivity contribution in [3.8, 4) is 0 Å². The predicted octanol–water partition coefficient (Wildman–Crippen LogP) is 2.92. The van der Waals surface area contributed by atoms with Crippen molar-refractivity contribution in [2.75, 3.05) is 31.1 Å². The van der Waals surface area contributed by atoms with Crippen molar-refractivity contribution in [1.82, 2.24) is 9.88 Å². The second kappa shape index (κ2) is 7.30. The van der Waals surface area contributed by atoms with Crippen molar-refractivity contribution in [1.29, 1.82) is 0 Å². The van der Waals surface area contributed by atoms with Crippen molar-refractivity contribution in [3.63, 3.8) is 0 Å². The van der Waals surface area contributed by atoms with Gasteiger partial charge in [0.2, 0.25) is 0 Å². The minimum Gasteiger partial charge on any atom is -0.445 e. The van der Waals surface area contributed by atoms with Gasteiger partial charge in [0.1, 0.15) is 5.82 Å². The molecule has 30 heavy (non-hydrogen) atoms. The lowest BCUT2D eigenvalue weighted by Gasteiger charge is -2.41. The van der Waals surface area contributed by atoms with Crippen LogP contribution in [-0.2, 0) is 22.1 Å². The second-order valence-electron chi connectivity index (χ2n) is 7.64. The number of aromatic nitrogens is 1. The SMILES string of the molecule is C[C@@]1(C(=O)N2CCN(c3ccc(C(F)(F)F)cn3)CC2)Cc2ccccc2C(=O)O1. The van der Waals surface area contributed by atoms with Crippen LogP contribution in [0.2, 0.25) is 0 Å². The molecule has 0 bridgehead atoms. The van der Waals surface area contributed by atoms with E-state index in [1.165, 1.54) is 6.07 Å². The quantitative estimate of drug-likeness (QED) is 0.701. The third-order valence-electron chi connectivity index (χ3n) is 5.50. The number of hydrogen-bond acceptors (Lipinski definition) is 5. The van der Waals surface area contributed by atoms with Crippen LogP contribution >= 0.6 is 0 Å². The monoisotopic (exact) mass is 419 g/mol. The summed E-state index contributed by atoms with van der Waals surface area (Å²) in [5.41, 5.74) is -0.828. The average Bonchev–Trinajstić information content (AvgIpc) is 2.73. The molecule has 1 aromatic heterocycles. The van der Waals surface area contributed by atoms with E-state index in [9.17, 15) is 22.8 Å². The van der Waals surface area contributed by atoms with E-state index in [4.69, 9.17) is 4.74 Å². The summed E-state index contributed by atoms with van der Waals surface area (Å²) >= 11 is 0. The van der Waals surface area contributed by atoms with Crippen LogP contribution in [0, 0.1) is 0 Å². The first-order valence-electron chi connectivity index (χ1n) is 9.56. The Morgan fingerprint density at radius 1 is 1.10 bits per heavy atom. The van der Waals surface area contributed by atoms with Crippen molar-refractivity contribution in [2.45, 2.75) is 25.1 Å². The van der Waals surface area contributed by atoms with E-state index in [0.29, 0.717) is 44.0 Å². The summed E-state index contributed by atoms with van der Waals surface area (Å²) in [6, 6.07) is 9.39. The molecule has 9 heteroatoms. The third-order valence-corrected chi connectivity index (χ3v) is 5.50. The van der Waals surface area contributed by atoms with E-state index in [1.807, 2.05) is 17.0 Å². The number of carbonyl (C=O) groups excluding carboxylic acids is 2. The van der Waals surface area contributed by atoms with Gasteiger partial charge in [-0.1, -0.05) is 18.2 Å². The molecule has 0 radical (unpaired) electrons. The van der Waals surface area contributed by atoms with E-state index in [1.54, 1.807) is 24.0 Å². The van der Waals surface area contributed by atoms with Crippen molar-refractivity contribution in [3.05, 3.63) is 59.3 Å². The fourth-order valence-electron chi connectivity index (χ4n) is 3.87. The molecule has 158 valence electrons. The van der Waals surface area contributed by atoms with Crippen LogP contribution in [0.4, 0.5) is 19.0 Å². The smallest absolute Gasteiger partial charge is 0.417 e. The molecule has 3 heterocycles. The summed E-state index contributed by atoms with van der Waals surface area (Å²) in [6.45, 7) is 3.18. The highest BCUT2D eigenvalue weighted by Crippen LogP contribution is 2.31. The molecule has 0 N–H and O–H groups in total. The molecule has 1 amide bonds. The number of nitrogens with zero attached hydrogens (tertiary/aromatic N) is 3. The number of alkyl halides is 3. The second-order valence-corrected chi connectivity index (χ2v) is 7.64. The maximum Gasteiger partial charge on any atom is 0.417 e. The largest absolute Gasteiger partial charge is 0.445 e. The molecule has 2 aromatic rings. The predicted molar refractivity (Wildman–Crippen MR) is 102 cm³/mol. The minimum absolute atomic E-state index is 0.273. The van der Waals surface area contributed by atoms with Crippen LogP contribution in [-0.4, -0.2) is 53.5 Å². The number of amides is 1. The normalized spacial score (nSPS) is 21.8. The number of rotatable bonds is 2. The van der Waals surface area contributed by atoms with Gasteiger partial charge in [0.05, 0.1) is 11.1 Å². The fourth-order valence-corrected chi connectivity index (χ4v) is 3.87. The standard InChI is InChI=1S/C21H20F3N3O3/c1-20(12-14-4-2-3-5-16(14)18(28)30-20)19(29)27-10-8-26(9-11-27)17-7-6-15(13-25-17)21(22,23)24/h2-7,13H,8-12H2,1H3/t20-/m0/s1. The molecule has 1 saturated heterocycles. The van der Waals surface area contributed by atoms with Crippen LogP contribution in [0.1, 0.15) is 28.4 Å². The van der Waals surface area contributed by atoms with Gasteiger partial charge in [-0.25, -0.2) is 9.78 Å². The Labute approximate surface area is 171 Å². The van der Waals surface area contributed by atoms with Gasteiger partial charge in [0.25, 0.3) is 5.91 Å². The molecule has 0 saturated carbocycles. The lowest BCUT2D eigenvalue weighted by atomic mass is 9.88. The summed E-state index contributed by atoms with van der Waals surface area (Å²) in [7, 11) is 0. The summed E-state index contributed by atoms with van der Waals surface area (Å²) < 4.78 is 43.6. The number of esters is 1. The molecule has 6 nitrogen and oxygen atoms in total. The Morgan fingerprint density at radius 2 is 1.80 bits per heavy atom. The van der Waals surface area contributed by atoms with Crippen molar-refractivity contribution in [2.24, 2.45) is 0 Å². The van der Waals surface area contributed by atoms with Gasteiger partial charge in [-0.2, -0.15) is 13.2 Å². The number of piperazine rings is 1. The first-order chi connectivity index (χ1) is 14.2. The highest BCUT2D eigenvalue weighted by molar-refractivity contribution is 5.97. The Hall–Kier alpha value is -3.10. The van der Waals surface area contributed by atoms with Crippen molar-refractivity contribution < 1.29 is 27.5 Å². The minimum atomic E-state index is -4.43. The van der Waals surface area contributed by atoms with Crippen LogP contribution in [0.15, 0.2) is 42.6 Å². The summed E-state index contributed by atoms with van der Waals surface area (Å²) in [5, 5.41) is 0. The van der Waals surface area contributed by atoms with Gasteiger partial charge in [-0.05, 0) is 30.7 Å². The van der Waals surface area contributed by atoms with Crippen molar-refractivity contribution >= 4 is 17.7 Å². The number of cyclic esters (lactones) is 1. The number of anilines is 1. The molecule has 0 unspecified atom stereocenters. The van der Waals surface area contributed by atoms with Gasteiger partial charge < -0.3 is 14.5 Å². The molecule has 0 spiro atoms. The Balaban J connectivity index is 1.42. The zero-order valence-corrected chi connectivity index (χ0v) is 16.3. The van der Waals surface area contributed by atoms with Crippen LogP contribution in [0.25, 0.3) is 0 Å². The zero-order chi connectivity index (χ0) is 21.5. The maximum absolute atomic E-state index is 13.1. The average molecular weight is 419 g/mol. The summed E-state index contributed by atoms with van der Waals surface area (Å²) in [4.78, 5) is 32.8. The molecular weight excluding hydrogens is 399 g/mol. The number of carbonyl (C=O) groups is 2. The molecule has 2 aliphatic rings. The Morgan fingerprint density at radius 3 is 2.43 bits per heavy atom. The van der Waals surface area contributed by atoms with Gasteiger partial charge >= 0.3 is 12.1 Å². The topological polar surface area (TPSA) is 62.7 Å². The molecule has 1 atom stereocenters. The first-order valence-corrected chi connectivity index (χ1v) is 9.56. The number of fused-ring (bicyclic) bond motifs is 1. The van der Waals surface area contributed by atoms with Gasteiger partial charge in [-0.3, -0.25) is 4.79 Å². The number of ether oxygens (including phenoxy) is 1. The molecule has 4 rings (SSSR count). The van der Waals surface area contributed by atoms with E-state index >= 15 is 0 Å². The fraction of sp³-hybridized carbons (Fsp3) is 0.381. The Bertz CT molecular complexity index is 969. The maximum atomic E-state index is 13.1. The highest BCUT2D eigenvalue weighted by atomic mass is 19.4. The van der Waals surface area contributed by atoms with Crippen LogP contribution in [0.5, 0.6) is 0 Å². The Kier molecular flexibility index (Phi) is 4.91. The summed E-state index contributed by atoms with van der Waals surface area (Å²) in [6.07, 6.45) is -3.32. The number of halogens is 3. The third kappa shape index (κ3) is 3.71. The van der Waals surface area contributed by atoms with E-state index < -0.39 is 23.3 Å². The van der Waals surface area contributed by atoms with Gasteiger partial charge in [0, 0.05) is 38.8 Å². The molecule has 1 aromatic carbocycles. The lowest BCUT2D eigenvalue weighted by molar-refractivity contribution is -0.151. The lowest BCUT2D eigenvalue weighted by Crippen LogP contribution is -2.58. The van der Waals surface area contributed by atoms with E-state index in [2.05, 4.69) is 4.98 Å². The van der Waals surface area contributed by atoms with Gasteiger partial charge in [-0.15, -0.1) is 0 Å². The van der Waals surface area contributed by atoms with Crippen LogP contribution in [0.3, 0.4) is 0 Å². The zero-order valence-electron chi connectivity index (χ0n) is 16.3. The first kappa shape index (κ1) is 20.2. The van der Waals surface area contributed by atoms with E-state index in [0.717, 1.165) is 17.8 Å². The number of benzene rings is 1. The molecule has 1 fully saturated rings. The van der Waals surface area contributed by atoms with E-state index in [-0.39, 0.29) is 5.91 Å². The number of pyridine rings is 1.